The molecule has 0 saturated carbocycles. The second-order valence-electron chi connectivity index (χ2n) is 8.71. The Balaban J connectivity index is 1.59. The molecule has 4 rings (SSSR count). The molecule has 9 nitrogen and oxygen atoms in total. The van der Waals surface area contributed by atoms with Crippen molar-refractivity contribution in [2.45, 2.75) is 37.5 Å². The molecule has 11 heteroatoms. The minimum atomic E-state index is -1.72. The van der Waals surface area contributed by atoms with Crippen LogP contribution in [0, 0.1) is 5.82 Å². The summed E-state index contributed by atoms with van der Waals surface area (Å²) in [4.78, 5) is 26.4. The molecule has 0 aliphatic carbocycles. The number of benzene rings is 2. The Bertz CT molecular complexity index is 1130. The molecule has 35 heavy (non-hydrogen) atoms. The summed E-state index contributed by atoms with van der Waals surface area (Å²) in [6, 6.07) is 8.21. The zero-order valence-electron chi connectivity index (χ0n) is 19.0. The van der Waals surface area contributed by atoms with Gasteiger partial charge in [0.15, 0.2) is 0 Å². The molecule has 188 valence electrons. The third-order valence-electron chi connectivity index (χ3n) is 6.49. The van der Waals surface area contributed by atoms with E-state index in [4.69, 9.17) is 26.2 Å². The molecule has 2 heterocycles. The number of rotatable bonds is 6. The molecule has 0 aromatic heterocycles. The molecule has 0 radical (unpaired) electrons. The summed E-state index contributed by atoms with van der Waals surface area (Å²) in [5.74, 6) is -0.242. The number of carbonyl (C=O) groups is 2. The fourth-order valence-corrected chi connectivity index (χ4v) is 4.63. The number of likely N-dealkylation sites (tertiary alicyclic amines) is 1. The van der Waals surface area contributed by atoms with Crippen molar-refractivity contribution in [2.24, 2.45) is 0 Å². The van der Waals surface area contributed by atoms with Crippen LogP contribution in [0.3, 0.4) is 0 Å². The van der Waals surface area contributed by atoms with Crippen molar-refractivity contribution in [3.05, 3.63) is 52.3 Å². The summed E-state index contributed by atoms with van der Waals surface area (Å²) in [5, 5.41) is 30.1. The van der Waals surface area contributed by atoms with Gasteiger partial charge in [0.1, 0.15) is 40.7 Å². The van der Waals surface area contributed by atoms with Gasteiger partial charge in [-0.25, -0.2) is 9.18 Å². The van der Waals surface area contributed by atoms with Gasteiger partial charge in [-0.05, 0) is 30.5 Å². The minimum absolute atomic E-state index is 0.0173. The number of anilines is 1. The maximum Gasteiger partial charge on any atom is 0.407 e. The van der Waals surface area contributed by atoms with Gasteiger partial charge in [-0.3, -0.25) is 4.79 Å². The third kappa shape index (κ3) is 5.00. The minimum Gasteiger partial charge on any atom is -0.497 e. The lowest BCUT2D eigenvalue weighted by atomic mass is 9.89. The second kappa shape index (κ2) is 9.88. The zero-order valence-corrected chi connectivity index (χ0v) is 19.8. The molecular weight excluding hydrogens is 483 g/mol. The SMILES string of the molecule is COc1ccc(CN2C(=O)CCc3c(OCC4(O)CCN(C(=O)O)CC4O)cc(F)c(Cl)c32)cc1. The van der Waals surface area contributed by atoms with Crippen LogP contribution in [0.2, 0.25) is 5.02 Å². The fraction of sp³-hybridized carbons (Fsp3) is 0.417. The average molecular weight is 509 g/mol. The first-order valence-corrected chi connectivity index (χ1v) is 11.5. The normalized spacial score (nSPS) is 22.1. The van der Waals surface area contributed by atoms with E-state index in [9.17, 15) is 24.2 Å². The van der Waals surface area contributed by atoms with Gasteiger partial charge in [-0.2, -0.15) is 0 Å². The van der Waals surface area contributed by atoms with Crippen LogP contribution in [0.15, 0.2) is 30.3 Å². The van der Waals surface area contributed by atoms with Gasteiger partial charge in [0, 0.05) is 24.6 Å². The van der Waals surface area contributed by atoms with E-state index in [0.717, 1.165) is 16.5 Å². The Labute approximate surface area is 206 Å². The first-order chi connectivity index (χ1) is 16.6. The van der Waals surface area contributed by atoms with Crippen molar-refractivity contribution < 1.29 is 38.8 Å². The summed E-state index contributed by atoms with van der Waals surface area (Å²) < 4.78 is 25.8. The maximum absolute atomic E-state index is 14.8. The quantitative estimate of drug-likeness (QED) is 0.549. The number of hydrogen-bond acceptors (Lipinski definition) is 6. The Hall–Kier alpha value is -3.08. The molecule has 1 saturated heterocycles. The number of nitrogens with zero attached hydrogens (tertiary/aromatic N) is 2. The number of carboxylic acid groups (broad SMARTS) is 1. The molecule has 2 aromatic rings. The number of aliphatic hydroxyl groups is 2. The van der Waals surface area contributed by atoms with Crippen LogP contribution in [0.4, 0.5) is 14.9 Å². The van der Waals surface area contributed by atoms with Gasteiger partial charge in [-0.15, -0.1) is 0 Å². The van der Waals surface area contributed by atoms with Crippen LogP contribution < -0.4 is 14.4 Å². The van der Waals surface area contributed by atoms with Gasteiger partial charge in [0.2, 0.25) is 5.91 Å². The molecule has 2 unspecified atom stereocenters. The summed E-state index contributed by atoms with van der Waals surface area (Å²) in [6.07, 6.45) is -2.21. The maximum atomic E-state index is 14.8. The van der Waals surface area contributed by atoms with Gasteiger partial charge >= 0.3 is 6.09 Å². The molecule has 0 spiro atoms. The lowest BCUT2D eigenvalue weighted by Gasteiger charge is -2.41. The Morgan fingerprint density at radius 3 is 2.63 bits per heavy atom. The highest BCUT2D eigenvalue weighted by Crippen LogP contribution is 2.43. The number of halogens is 2. The number of hydrogen-bond donors (Lipinski definition) is 3. The smallest absolute Gasteiger partial charge is 0.407 e. The molecule has 2 atom stereocenters. The van der Waals surface area contributed by atoms with Gasteiger partial charge < -0.3 is 34.6 Å². The largest absolute Gasteiger partial charge is 0.497 e. The molecule has 3 N–H and O–H groups in total. The molecule has 0 bridgehead atoms. The molecule has 1 fully saturated rings. The zero-order chi connectivity index (χ0) is 25.3. The van der Waals surface area contributed by atoms with E-state index in [0.29, 0.717) is 11.3 Å². The first kappa shape index (κ1) is 25.0. The predicted molar refractivity (Wildman–Crippen MR) is 125 cm³/mol. The molecule has 2 aliphatic heterocycles. The first-order valence-electron chi connectivity index (χ1n) is 11.1. The van der Waals surface area contributed by atoms with Crippen molar-refractivity contribution in [3.8, 4) is 11.5 Å². The Morgan fingerprint density at radius 2 is 2.00 bits per heavy atom. The summed E-state index contributed by atoms with van der Waals surface area (Å²) >= 11 is 6.31. The van der Waals surface area contributed by atoms with E-state index in [1.165, 1.54) is 4.90 Å². The van der Waals surface area contributed by atoms with E-state index in [1.807, 2.05) is 0 Å². The van der Waals surface area contributed by atoms with Crippen molar-refractivity contribution in [3.63, 3.8) is 0 Å². The highest BCUT2D eigenvalue weighted by molar-refractivity contribution is 6.34. The molecule has 2 aromatic carbocycles. The number of methoxy groups -OCH3 is 1. The van der Waals surface area contributed by atoms with E-state index in [-0.39, 0.29) is 67.9 Å². The van der Waals surface area contributed by atoms with Crippen LogP contribution in [0.1, 0.15) is 24.0 Å². The molecule has 2 amide bonds. The Kier molecular flexibility index (Phi) is 7.07. The van der Waals surface area contributed by atoms with Crippen molar-refractivity contribution >= 4 is 29.3 Å². The van der Waals surface area contributed by atoms with Gasteiger partial charge in [0.05, 0.1) is 25.9 Å². The number of piperidine rings is 1. The van der Waals surface area contributed by atoms with Crippen LogP contribution in [0.25, 0.3) is 0 Å². The number of carbonyl (C=O) groups excluding carboxylic acids is 1. The number of β-amino-alcohol motifs (C(OH)–C–C–N with tert-alkyl or cyclic N) is 1. The van der Waals surface area contributed by atoms with E-state index in [1.54, 1.807) is 31.4 Å². The lowest BCUT2D eigenvalue weighted by Crippen LogP contribution is -2.59. The number of ether oxygens (including phenoxy) is 2. The summed E-state index contributed by atoms with van der Waals surface area (Å²) in [6.45, 7) is -0.483. The van der Waals surface area contributed by atoms with Gasteiger partial charge in [0.25, 0.3) is 0 Å². The molecular formula is C24H26ClFN2O7. The van der Waals surface area contributed by atoms with Crippen molar-refractivity contribution in [1.29, 1.82) is 0 Å². The monoisotopic (exact) mass is 508 g/mol. The number of amides is 2. The fourth-order valence-electron chi connectivity index (χ4n) is 4.36. The van der Waals surface area contributed by atoms with Crippen molar-refractivity contribution in [1.82, 2.24) is 4.90 Å². The third-order valence-corrected chi connectivity index (χ3v) is 6.85. The van der Waals surface area contributed by atoms with E-state index in [2.05, 4.69) is 0 Å². The summed E-state index contributed by atoms with van der Waals surface area (Å²) in [7, 11) is 1.55. The van der Waals surface area contributed by atoms with Gasteiger partial charge in [-0.1, -0.05) is 23.7 Å². The topological polar surface area (TPSA) is 120 Å². The van der Waals surface area contributed by atoms with E-state index >= 15 is 0 Å². The van der Waals surface area contributed by atoms with Crippen molar-refractivity contribution in [2.75, 3.05) is 31.7 Å². The van der Waals surface area contributed by atoms with E-state index < -0.39 is 23.6 Å². The number of aliphatic hydroxyl groups excluding tert-OH is 1. The van der Waals surface area contributed by atoms with Crippen LogP contribution >= 0.6 is 11.6 Å². The lowest BCUT2D eigenvalue weighted by molar-refractivity contribution is -0.132. The Morgan fingerprint density at radius 1 is 1.29 bits per heavy atom. The highest BCUT2D eigenvalue weighted by atomic mass is 35.5. The van der Waals surface area contributed by atoms with Crippen LogP contribution in [-0.4, -0.2) is 70.7 Å². The molecule has 2 aliphatic rings. The van der Waals surface area contributed by atoms with Crippen LogP contribution in [0.5, 0.6) is 11.5 Å². The second-order valence-corrected chi connectivity index (χ2v) is 9.09. The number of fused-ring (bicyclic) bond motifs is 1. The summed E-state index contributed by atoms with van der Waals surface area (Å²) in [5.41, 5.74) is -0.202. The predicted octanol–water partition coefficient (Wildman–Crippen LogP) is 2.82. The van der Waals surface area contributed by atoms with Crippen LogP contribution in [-0.2, 0) is 17.8 Å². The highest BCUT2D eigenvalue weighted by Gasteiger charge is 2.43. The average Bonchev–Trinajstić information content (AvgIpc) is 2.84. The standard InChI is InChI=1S/C24H26ClFN2O7/c1-34-15-4-2-14(3-5-15)11-28-20(30)7-6-16-18(10-17(26)21(25)22(16)28)35-13-24(33)8-9-27(23(31)32)12-19(24)29/h2-5,10,19,29,33H,6-9,11-13H2,1H3,(H,31,32).